The van der Waals surface area contributed by atoms with Crippen LogP contribution in [0.15, 0.2) is 34.8 Å². The summed E-state index contributed by atoms with van der Waals surface area (Å²) in [6.45, 7) is 2.09. The van der Waals surface area contributed by atoms with Crippen LogP contribution < -0.4 is 4.74 Å². The zero-order valence-corrected chi connectivity index (χ0v) is 14.7. The van der Waals surface area contributed by atoms with Crippen LogP contribution in [0.2, 0.25) is 0 Å². The van der Waals surface area contributed by atoms with Gasteiger partial charge in [-0.05, 0) is 53.2 Å². The largest absolute Gasteiger partial charge is 0.503 e. The van der Waals surface area contributed by atoms with Gasteiger partial charge < -0.3 is 19.6 Å². The van der Waals surface area contributed by atoms with Gasteiger partial charge in [-0.2, -0.15) is 0 Å². The van der Waals surface area contributed by atoms with Gasteiger partial charge in [-0.15, -0.1) is 0 Å². The van der Waals surface area contributed by atoms with E-state index in [1.807, 2.05) is 0 Å². The van der Waals surface area contributed by atoms with Crippen molar-refractivity contribution in [3.05, 3.63) is 40.4 Å². The van der Waals surface area contributed by atoms with E-state index < -0.39 is 0 Å². The van der Waals surface area contributed by atoms with Gasteiger partial charge in [0, 0.05) is 5.56 Å². The van der Waals surface area contributed by atoms with E-state index >= 15 is 0 Å². The molecule has 0 saturated carbocycles. The maximum absolute atomic E-state index is 11.8. The van der Waals surface area contributed by atoms with Crippen LogP contribution in [0.25, 0.3) is 22.4 Å². The zero-order valence-electron chi connectivity index (χ0n) is 13.1. The number of phenolic OH excluding ortho intramolecular Hbond substituents is 1. The highest BCUT2D eigenvalue weighted by atomic mass is 79.9. The van der Waals surface area contributed by atoms with Crippen LogP contribution in [0.4, 0.5) is 0 Å². The molecule has 0 amide bonds. The smallest absolute Gasteiger partial charge is 0.338 e. The summed E-state index contributed by atoms with van der Waals surface area (Å²) in [5.41, 5.74) is 2.65. The number of hydrogen-bond acceptors (Lipinski definition) is 5. The molecule has 1 heterocycles. The molecule has 24 heavy (non-hydrogen) atoms. The Morgan fingerprint density at radius 3 is 2.83 bits per heavy atom. The van der Waals surface area contributed by atoms with Crippen molar-refractivity contribution in [3.63, 3.8) is 0 Å². The first-order valence-corrected chi connectivity index (χ1v) is 8.06. The minimum Gasteiger partial charge on any atom is -0.503 e. The number of aromatic nitrogens is 2. The van der Waals surface area contributed by atoms with E-state index in [1.165, 1.54) is 7.11 Å². The maximum atomic E-state index is 11.8. The third-order valence-electron chi connectivity index (χ3n) is 3.51. The molecular formula is C17H15BrN2O4. The molecule has 0 aliphatic heterocycles. The summed E-state index contributed by atoms with van der Waals surface area (Å²) >= 11 is 3.29. The van der Waals surface area contributed by atoms with Gasteiger partial charge in [0.1, 0.15) is 5.82 Å². The monoisotopic (exact) mass is 390 g/mol. The SMILES string of the molecule is CCOC(=O)c1ccc2nc(-c3cc(Br)c(O)c(OC)c3)[nH]c2c1. The molecule has 0 spiro atoms. The molecule has 0 bridgehead atoms. The topological polar surface area (TPSA) is 84.4 Å². The number of carbonyl (C=O) groups excluding carboxylic acids is 1. The van der Waals surface area contributed by atoms with E-state index in [9.17, 15) is 9.90 Å². The molecule has 3 aromatic rings. The fraction of sp³-hybridized carbons (Fsp3) is 0.176. The molecule has 1 aromatic heterocycles. The second-order valence-corrected chi connectivity index (χ2v) is 5.90. The van der Waals surface area contributed by atoms with Crippen molar-refractivity contribution in [1.29, 1.82) is 0 Å². The number of ether oxygens (including phenoxy) is 2. The molecule has 2 N–H and O–H groups in total. The highest BCUT2D eigenvalue weighted by Crippen LogP contribution is 2.38. The molecule has 0 saturated heterocycles. The summed E-state index contributed by atoms with van der Waals surface area (Å²) in [6, 6.07) is 8.56. The van der Waals surface area contributed by atoms with Gasteiger partial charge in [0.25, 0.3) is 0 Å². The second kappa shape index (κ2) is 6.52. The number of imidazole rings is 1. The van der Waals surface area contributed by atoms with Gasteiger partial charge in [0.2, 0.25) is 0 Å². The molecular weight excluding hydrogens is 376 g/mol. The normalized spacial score (nSPS) is 10.8. The Hall–Kier alpha value is -2.54. The van der Waals surface area contributed by atoms with Crippen molar-refractivity contribution in [2.24, 2.45) is 0 Å². The number of esters is 1. The number of nitrogens with one attached hydrogen (secondary N) is 1. The number of hydrogen-bond donors (Lipinski definition) is 2. The average Bonchev–Trinajstić information content (AvgIpc) is 3.00. The molecule has 0 atom stereocenters. The number of methoxy groups -OCH3 is 1. The van der Waals surface area contributed by atoms with Gasteiger partial charge in [-0.1, -0.05) is 0 Å². The van der Waals surface area contributed by atoms with Crippen molar-refractivity contribution in [2.45, 2.75) is 6.92 Å². The van der Waals surface area contributed by atoms with Gasteiger partial charge in [0.05, 0.1) is 34.8 Å². The molecule has 3 rings (SSSR count). The molecule has 2 aromatic carbocycles. The quantitative estimate of drug-likeness (QED) is 0.660. The Morgan fingerprint density at radius 1 is 1.33 bits per heavy atom. The Balaban J connectivity index is 2.05. The van der Waals surface area contributed by atoms with Crippen LogP contribution in [-0.2, 0) is 4.74 Å². The number of H-pyrrole nitrogens is 1. The van der Waals surface area contributed by atoms with Crippen LogP contribution in [0.3, 0.4) is 0 Å². The van der Waals surface area contributed by atoms with Crippen molar-refractivity contribution in [2.75, 3.05) is 13.7 Å². The number of aromatic hydroxyl groups is 1. The summed E-state index contributed by atoms with van der Waals surface area (Å²) < 4.78 is 10.7. The van der Waals surface area contributed by atoms with Crippen LogP contribution in [0, 0.1) is 0 Å². The first-order valence-electron chi connectivity index (χ1n) is 7.27. The van der Waals surface area contributed by atoms with Crippen LogP contribution in [-0.4, -0.2) is 34.8 Å². The van der Waals surface area contributed by atoms with Gasteiger partial charge >= 0.3 is 5.97 Å². The molecule has 7 heteroatoms. The van der Waals surface area contributed by atoms with Crippen LogP contribution in [0.1, 0.15) is 17.3 Å². The number of carbonyl (C=O) groups is 1. The highest BCUT2D eigenvalue weighted by Gasteiger charge is 2.14. The first kappa shape index (κ1) is 16.3. The van der Waals surface area contributed by atoms with Crippen LogP contribution in [0.5, 0.6) is 11.5 Å². The Kier molecular flexibility index (Phi) is 4.44. The molecule has 124 valence electrons. The van der Waals surface area contributed by atoms with E-state index in [4.69, 9.17) is 9.47 Å². The van der Waals surface area contributed by atoms with Crippen molar-refractivity contribution in [1.82, 2.24) is 9.97 Å². The summed E-state index contributed by atoms with van der Waals surface area (Å²) in [7, 11) is 1.48. The van der Waals surface area contributed by atoms with Crippen molar-refractivity contribution < 1.29 is 19.4 Å². The van der Waals surface area contributed by atoms with E-state index in [0.29, 0.717) is 28.2 Å². The first-order chi connectivity index (χ1) is 11.5. The lowest BCUT2D eigenvalue weighted by Gasteiger charge is -2.07. The van der Waals surface area contributed by atoms with Gasteiger partial charge in [0.15, 0.2) is 11.5 Å². The Bertz CT molecular complexity index is 920. The predicted octanol–water partition coefficient (Wildman–Crippen LogP) is 3.88. The number of rotatable bonds is 4. The second-order valence-electron chi connectivity index (χ2n) is 5.05. The van der Waals surface area contributed by atoms with Gasteiger partial charge in [-0.25, -0.2) is 9.78 Å². The van der Waals surface area contributed by atoms with E-state index in [1.54, 1.807) is 37.3 Å². The lowest BCUT2D eigenvalue weighted by atomic mass is 10.2. The molecule has 0 unspecified atom stereocenters. The molecule has 0 aliphatic rings. The standard InChI is InChI=1S/C17H15BrN2O4/c1-3-24-17(22)9-4-5-12-13(7-9)20-16(19-12)10-6-11(18)15(21)14(8-10)23-2/h4-8,21H,3H2,1-2H3,(H,19,20). The van der Waals surface area contributed by atoms with E-state index in [0.717, 1.165) is 16.6 Å². The fourth-order valence-corrected chi connectivity index (χ4v) is 2.80. The van der Waals surface area contributed by atoms with Crippen molar-refractivity contribution >= 4 is 32.9 Å². The number of benzene rings is 2. The van der Waals surface area contributed by atoms with Gasteiger partial charge in [-0.3, -0.25) is 0 Å². The highest BCUT2D eigenvalue weighted by molar-refractivity contribution is 9.10. The molecule has 0 radical (unpaired) electrons. The number of nitrogens with zero attached hydrogens (tertiary/aromatic N) is 1. The van der Waals surface area contributed by atoms with Crippen LogP contribution >= 0.6 is 15.9 Å². The molecule has 6 nitrogen and oxygen atoms in total. The summed E-state index contributed by atoms with van der Waals surface area (Å²) in [4.78, 5) is 19.5. The maximum Gasteiger partial charge on any atom is 0.338 e. The third kappa shape index (κ3) is 2.94. The lowest BCUT2D eigenvalue weighted by Crippen LogP contribution is -2.04. The number of aromatic amines is 1. The fourth-order valence-electron chi connectivity index (χ4n) is 2.35. The molecule has 0 fully saturated rings. The minimum absolute atomic E-state index is 0.0296. The lowest BCUT2D eigenvalue weighted by molar-refractivity contribution is 0.0526. The minimum atomic E-state index is -0.371. The van der Waals surface area contributed by atoms with Crippen molar-refractivity contribution in [3.8, 4) is 22.9 Å². The summed E-state index contributed by atoms with van der Waals surface area (Å²) in [5, 5.41) is 9.90. The Morgan fingerprint density at radius 2 is 2.12 bits per heavy atom. The third-order valence-corrected chi connectivity index (χ3v) is 4.12. The average molecular weight is 391 g/mol. The number of fused-ring (bicyclic) bond motifs is 1. The predicted molar refractivity (Wildman–Crippen MR) is 93.4 cm³/mol. The number of phenols is 1. The summed E-state index contributed by atoms with van der Waals surface area (Å²) in [5.74, 6) is 0.601. The molecule has 0 aliphatic carbocycles. The van der Waals surface area contributed by atoms with E-state index in [2.05, 4.69) is 25.9 Å². The Labute approximate surface area is 146 Å². The van der Waals surface area contributed by atoms with E-state index in [-0.39, 0.29) is 11.7 Å². The number of halogens is 1. The summed E-state index contributed by atoms with van der Waals surface area (Å²) in [6.07, 6.45) is 0. The zero-order chi connectivity index (χ0) is 17.3.